The predicted octanol–water partition coefficient (Wildman–Crippen LogP) is 3.44. The summed E-state index contributed by atoms with van der Waals surface area (Å²) in [6.07, 6.45) is 5.26. The zero-order chi connectivity index (χ0) is 14.4. The van der Waals surface area contributed by atoms with Crippen LogP contribution < -0.4 is 10.6 Å². The normalized spacial score (nSPS) is 20.4. The maximum Gasteiger partial charge on any atom is 0.220 e. The number of amides is 1. The molecule has 2 rings (SSSR count). The third-order valence-electron chi connectivity index (χ3n) is 3.88. The maximum atomic E-state index is 12.0. The van der Waals surface area contributed by atoms with Gasteiger partial charge in [0.2, 0.25) is 5.91 Å². The quantitative estimate of drug-likeness (QED) is 0.873. The van der Waals surface area contributed by atoms with E-state index in [1.54, 1.807) is 0 Å². The van der Waals surface area contributed by atoms with E-state index in [1.165, 1.54) is 19.3 Å². The first-order chi connectivity index (χ1) is 9.65. The van der Waals surface area contributed by atoms with Crippen LogP contribution in [0.2, 0.25) is 5.02 Å². The molecule has 1 aromatic carbocycles. The first-order valence-corrected chi connectivity index (χ1v) is 7.81. The van der Waals surface area contributed by atoms with Crippen LogP contribution in [0.1, 0.15) is 50.6 Å². The molecule has 0 aromatic heterocycles. The van der Waals surface area contributed by atoms with Gasteiger partial charge in [-0.1, -0.05) is 30.2 Å². The van der Waals surface area contributed by atoms with Crippen molar-refractivity contribution >= 4 is 17.5 Å². The van der Waals surface area contributed by atoms with Crippen molar-refractivity contribution in [2.45, 2.75) is 51.1 Å². The van der Waals surface area contributed by atoms with Gasteiger partial charge in [-0.05, 0) is 50.4 Å². The number of benzene rings is 1. The number of rotatable bonds is 5. The summed E-state index contributed by atoms with van der Waals surface area (Å²) in [5.41, 5.74) is 1.08. The van der Waals surface area contributed by atoms with Gasteiger partial charge in [0.25, 0.3) is 0 Å². The number of nitrogens with one attached hydrogen (secondary N) is 2. The number of hydrogen-bond acceptors (Lipinski definition) is 2. The number of carbonyl (C=O) groups is 1. The van der Waals surface area contributed by atoms with Crippen molar-refractivity contribution in [1.29, 1.82) is 0 Å². The van der Waals surface area contributed by atoms with Gasteiger partial charge in [0.15, 0.2) is 0 Å². The SMILES string of the molecule is CC(NC(=O)CCC1CCCCN1)c1ccc(Cl)cc1. The molecule has 1 heterocycles. The first kappa shape index (κ1) is 15.3. The molecule has 1 saturated heterocycles. The van der Waals surface area contributed by atoms with Crippen LogP contribution in [0.4, 0.5) is 0 Å². The van der Waals surface area contributed by atoms with E-state index >= 15 is 0 Å². The highest BCUT2D eigenvalue weighted by atomic mass is 35.5. The molecule has 2 N–H and O–H groups in total. The second-order valence-corrected chi connectivity index (χ2v) is 5.96. The highest BCUT2D eigenvalue weighted by molar-refractivity contribution is 6.30. The Bertz CT molecular complexity index is 427. The minimum Gasteiger partial charge on any atom is -0.350 e. The standard InChI is InChI=1S/C16H23ClN2O/c1-12(13-5-7-14(17)8-6-13)19-16(20)10-9-15-4-2-3-11-18-15/h5-8,12,15,18H,2-4,9-11H2,1H3,(H,19,20). The van der Waals surface area contributed by atoms with Crippen molar-refractivity contribution in [3.8, 4) is 0 Å². The minimum atomic E-state index is 0.0269. The van der Waals surface area contributed by atoms with Gasteiger partial charge in [-0.2, -0.15) is 0 Å². The highest BCUT2D eigenvalue weighted by Gasteiger charge is 2.15. The molecule has 1 amide bonds. The van der Waals surface area contributed by atoms with Crippen molar-refractivity contribution in [3.63, 3.8) is 0 Å². The molecule has 110 valence electrons. The van der Waals surface area contributed by atoms with Crippen LogP contribution in [-0.2, 0) is 4.79 Å². The van der Waals surface area contributed by atoms with E-state index in [1.807, 2.05) is 31.2 Å². The fourth-order valence-corrected chi connectivity index (χ4v) is 2.75. The van der Waals surface area contributed by atoms with Gasteiger partial charge < -0.3 is 10.6 Å². The molecule has 2 atom stereocenters. The summed E-state index contributed by atoms with van der Waals surface area (Å²) in [7, 11) is 0. The fraction of sp³-hybridized carbons (Fsp3) is 0.562. The van der Waals surface area contributed by atoms with Crippen LogP contribution in [-0.4, -0.2) is 18.5 Å². The average molecular weight is 295 g/mol. The van der Waals surface area contributed by atoms with Gasteiger partial charge >= 0.3 is 0 Å². The number of carbonyl (C=O) groups excluding carboxylic acids is 1. The van der Waals surface area contributed by atoms with Gasteiger partial charge in [0, 0.05) is 17.5 Å². The van der Waals surface area contributed by atoms with E-state index in [0.717, 1.165) is 23.6 Å². The summed E-state index contributed by atoms with van der Waals surface area (Å²) in [4.78, 5) is 12.0. The zero-order valence-electron chi connectivity index (χ0n) is 12.0. The van der Waals surface area contributed by atoms with E-state index in [9.17, 15) is 4.79 Å². The molecule has 0 bridgehead atoms. The summed E-state index contributed by atoms with van der Waals surface area (Å²) in [6.45, 7) is 3.09. The highest BCUT2D eigenvalue weighted by Crippen LogP contribution is 2.17. The van der Waals surface area contributed by atoms with Crippen LogP contribution in [0, 0.1) is 0 Å². The molecule has 2 unspecified atom stereocenters. The molecule has 0 radical (unpaired) electrons. The lowest BCUT2D eigenvalue weighted by Gasteiger charge is -2.23. The van der Waals surface area contributed by atoms with Gasteiger partial charge in [0.05, 0.1) is 6.04 Å². The third kappa shape index (κ3) is 4.80. The molecule has 1 aromatic rings. The summed E-state index contributed by atoms with van der Waals surface area (Å²) in [6, 6.07) is 8.16. The van der Waals surface area contributed by atoms with E-state index in [4.69, 9.17) is 11.6 Å². The maximum absolute atomic E-state index is 12.0. The van der Waals surface area contributed by atoms with Gasteiger partial charge in [0.1, 0.15) is 0 Å². The second-order valence-electron chi connectivity index (χ2n) is 5.53. The summed E-state index contributed by atoms with van der Waals surface area (Å²) in [5.74, 6) is 0.125. The largest absolute Gasteiger partial charge is 0.350 e. The number of piperidine rings is 1. The Hall–Kier alpha value is -1.06. The van der Waals surface area contributed by atoms with Crippen LogP contribution in [0.3, 0.4) is 0 Å². The first-order valence-electron chi connectivity index (χ1n) is 7.43. The molecular formula is C16H23ClN2O. The Morgan fingerprint density at radius 2 is 2.15 bits per heavy atom. The number of hydrogen-bond donors (Lipinski definition) is 2. The number of halogens is 1. The molecule has 0 spiro atoms. The van der Waals surface area contributed by atoms with Crippen molar-refractivity contribution in [3.05, 3.63) is 34.9 Å². The molecule has 4 heteroatoms. The Labute approximate surface area is 126 Å². The van der Waals surface area contributed by atoms with Crippen molar-refractivity contribution < 1.29 is 4.79 Å². The molecule has 0 saturated carbocycles. The summed E-state index contributed by atoms with van der Waals surface area (Å²) >= 11 is 5.86. The Morgan fingerprint density at radius 3 is 2.80 bits per heavy atom. The minimum absolute atomic E-state index is 0.0269. The van der Waals surface area contributed by atoms with Gasteiger partial charge in [-0.25, -0.2) is 0 Å². The van der Waals surface area contributed by atoms with E-state index in [0.29, 0.717) is 12.5 Å². The molecule has 3 nitrogen and oxygen atoms in total. The third-order valence-corrected chi connectivity index (χ3v) is 4.13. The van der Waals surface area contributed by atoms with Gasteiger partial charge in [-0.3, -0.25) is 4.79 Å². The van der Waals surface area contributed by atoms with Crippen molar-refractivity contribution in [1.82, 2.24) is 10.6 Å². The smallest absolute Gasteiger partial charge is 0.220 e. The molecule has 20 heavy (non-hydrogen) atoms. The monoisotopic (exact) mass is 294 g/mol. The average Bonchev–Trinajstić information content (AvgIpc) is 2.47. The molecule has 0 aliphatic carbocycles. The molecule has 1 aliphatic rings. The lowest BCUT2D eigenvalue weighted by atomic mass is 10.0. The lowest BCUT2D eigenvalue weighted by Crippen LogP contribution is -2.35. The zero-order valence-corrected chi connectivity index (χ0v) is 12.7. The molecule has 1 aliphatic heterocycles. The Balaban J connectivity index is 1.74. The Morgan fingerprint density at radius 1 is 1.40 bits per heavy atom. The topological polar surface area (TPSA) is 41.1 Å². The lowest BCUT2D eigenvalue weighted by molar-refractivity contribution is -0.122. The van der Waals surface area contributed by atoms with Crippen LogP contribution in [0.25, 0.3) is 0 Å². The van der Waals surface area contributed by atoms with Gasteiger partial charge in [-0.15, -0.1) is 0 Å². The second kappa shape index (κ2) is 7.65. The van der Waals surface area contributed by atoms with Crippen LogP contribution in [0.15, 0.2) is 24.3 Å². The van der Waals surface area contributed by atoms with Crippen molar-refractivity contribution in [2.24, 2.45) is 0 Å². The van der Waals surface area contributed by atoms with E-state index in [-0.39, 0.29) is 11.9 Å². The summed E-state index contributed by atoms with van der Waals surface area (Å²) in [5, 5.41) is 7.23. The van der Waals surface area contributed by atoms with E-state index < -0.39 is 0 Å². The summed E-state index contributed by atoms with van der Waals surface area (Å²) < 4.78 is 0. The Kier molecular flexibility index (Phi) is 5.86. The van der Waals surface area contributed by atoms with Crippen LogP contribution in [0.5, 0.6) is 0 Å². The predicted molar refractivity (Wildman–Crippen MR) is 82.9 cm³/mol. The van der Waals surface area contributed by atoms with Crippen molar-refractivity contribution in [2.75, 3.05) is 6.54 Å². The fourth-order valence-electron chi connectivity index (χ4n) is 2.62. The van der Waals surface area contributed by atoms with E-state index in [2.05, 4.69) is 10.6 Å². The van der Waals surface area contributed by atoms with Crippen LogP contribution >= 0.6 is 11.6 Å². The molecular weight excluding hydrogens is 272 g/mol. The molecule has 1 fully saturated rings.